The number of hydrogen-bond donors (Lipinski definition) is 1. The first-order valence-corrected chi connectivity index (χ1v) is 6.37. The predicted molar refractivity (Wildman–Crippen MR) is 72.3 cm³/mol. The summed E-state index contributed by atoms with van der Waals surface area (Å²) in [4.78, 5) is 23.0. The zero-order chi connectivity index (χ0) is 12.3. The highest BCUT2D eigenvalue weighted by Crippen LogP contribution is 2.38. The van der Waals surface area contributed by atoms with Gasteiger partial charge in [0, 0.05) is 20.2 Å². The molecule has 4 heteroatoms. The molecule has 2 heterocycles. The van der Waals surface area contributed by atoms with Gasteiger partial charge in [0.05, 0.1) is 11.3 Å². The van der Waals surface area contributed by atoms with Gasteiger partial charge in [-0.05, 0) is 18.2 Å². The molecule has 3 aromatic rings. The Morgan fingerprint density at radius 2 is 1.78 bits per heavy atom. The minimum atomic E-state index is -0.535. The summed E-state index contributed by atoms with van der Waals surface area (Å²) in [6.07, 6.45) is 0. The van der Waals surface area contributed by atoms with E-state index in [9.17, 15) is 9.59 Å². The molecule has 4 rings (SSSR count). The SMILES string of the molecule is O=C1Nc2cc3sc4ccccc4c3cc2C1=O. The average Bonchev–Trinajstić information content (AvgIpc) is 2.86. The number of fused-ring (bicyclic) bond motifs is 4. The predicted octanol–water partition coefficient (Wildman–Crippen LogP) is 3.19. The number of amides is 1. The number of benzene rings is 2. The van der Waals surface area contributed by atoms with Crippen LogP contribution in [0, 0.1) is 0 Å². The average molecular weight is 253 g/mol. The fourth-order valence-corrected chi connectivity index (χ4v) is 3.49. The second kappa shape index (κ2) is 3.17. The third kappa shape index (κ3) is 1.13. The van der Waals surface area contributed by atoms with E-state index in [1.54, 1.807) is 11.3 Å². The first-order valence-electron chi connectivity index (χ1n) is 5.55. The van der Waals surface area contributed by atoms with Gasteiger partial charge in [-0.1, -0.05) is 18.2 Å². The molecule has 2 aromatic carbocycles. The largest absolute Gasteiger partial charge is 0.318 e. The first-order chi connectivity index (χ1) is 8.74. The van der Waals surface area contributed by atoms with Crippen LogP contribution in [0.5, 0.6) is 0 Å². The van der Waals surface area contributed by atoms with Crippen LogP contribution in [-0.4, -0.2) is 11.7 Å². The van der Waals surface area contributed by atoms with Crippen LogP contribution in [0.3, 0.4) is 0 Å². The van der Waals surface area contributed by atoms with E-state index < -0.39 is 11.7 Å². The van der Waals surface area contributed by atoms with E-state index in [-0.39, 0.29) is 0 Å². The van der Waals surface area contributed by atoms with Crippen molar-refractivity contribution in [2.75, 3.05) is 5.32 Å². The summed E-state index contributed by atoms with van der Waals surface area (Å²) in [5, 5.41) is 4.77. The maximum atomic E-state index is 11.7. The molecule has 0 spiro atoms. The third-order valence-corrected chi connectivity index (χ3v) is 4.35. The third-order valence-electron chi connectivity index (χ3n) is 3.22. The Bertz CT molecular complexity index is 847. The molecule has 1 aromatic heterocycles. The van der Waals surface area contributed by atoms with E-state index in [1.807, 2.05) is 30.3 Å². The standard InChI is InChI=1S/C14H7NO2S/c16-13-9-5-8-7-3-1-2-4-11(7)18-12(8)6-10(9)15-14(13)17/h1-6H,(H,15,16,17). The molecule has 1 amide bonds. The molecule has 18 heavy (non-hydrogen) atoms. The van der Waals surface area contributed by atoms with Gasteiger partial charge in [0.2, 0.25) is 0 Å². The Balaban J connectivity index is 2.15. The summed E-state index contributed by atoms with van der Waals surface area (Å²) in [6, 6.07) is 11.8. The molecular weight excluding hydrogens is 246 g/mol. The monoisotopic (exact) mass is 253 g/mol. The first kappa shape index (κ1) is 9.79. The lowest BCUT2D eigenvalue weighted by Crippen LogP contribution is -2.12. The molecule has 86 valence electrons. The van der Waals surface area contributed by atoms with E-state index in [0.717, 1.165) is 15.5 Å². The minimum absolute atomic E-state index is 0.442. The number of thiophene rings is 1. The smallest absolute Gasteiger partial charge is 0.296 e. The van der Waals surface area contributed by atoms with Crippen LogP contribution >= 0.6 is 11.3 Å². The Morgan fingerprint density at radius 1 is 0.944 bits per heavy atom. The second-order valence-corrected chi connectivity index (χ2v) is 5.36. The molecule has 0 bridgehead atoms. The Hall–Kier alpha value is -2.20. The summed E-state index contributed by atoms with van der Waals surface area (Å²) in [5.74, 6) is -0.978. The molecule has 0 atom stereocenters. The molecular formula is C14H7NO2S. The van der Waals surface area contributed by atoms with Gasteiger partial charge in [-0.25, -0.2) is 0 Å². The molecule has 0 radical (unpaired) electrons. The molecule has 3 nitrogen and oxygen atoms in total. The van der Waals surface area contributed by atoms with Gasteiger partial charge >= 0.3 is 0 Å². The number of ketones is 1. The number of carbonyl (C=O) groups excluding carboxylic acids is 2. The Kier molecular flexibility index (Phi) is 1.73. The van der Waals surface area contributed by atoms with Crippen molar-refractivity contribution in [3.63, 3.8) is 0 Å². The van der Waals surface area contributed by atoms with E-state index in [4.69, 9.17) is 0 Å². The molecule has 0 aliphatic carbocycles. The number of Topliss-reactive ketones (excluding diaryl/α,β-unsaturated/α-hetero) is 1. The van der Waals surface area contributed by atoms with Gasteiger partial charge in [-0.15, -0.1) is 11.3 Å². The highest BCUT2D eigenvalue weighted by Gasteiger charge is 2.28. The molecule has 0 saturated heterocycles. The zero-order valence-corrected chi connectivity index (χ0v) is 10.0. The fraction of sp³-hybridized carbons (Fsp3) is 0. The molecule has 1 N–H and O–H groups in total. The Labute approximate surface area is 106 Å². The molecule has 0 fully saturated rings. The van der Waals surface area contributed by atoms with Crippen LogP contribution in [0.4, 0.5) is 5.69 Å². The van der Waals surface area contributed by atoms with E-state index in [2.05, 4.69) is 11.4 Å². The van der Waals surface area contributed by atoms with Gasteiger partial charge in [0.25, 0.3) is 11.7 Å². The number of carbonyl (C=O) groups is 2. The summed E-state index contributed by atoms with van der Waals surface area (Å²) in [5.41, 5.74) is 1.11. The quantitative estimate of drug-likeness (QED) is 0.625. The molecule has 0 unspecified atom stereocenters. The second-order valence-electron chi connectivity index (χ2n) is 4.28. The van der Waals surface area contributed by atoms with Crippen molar-refractivity contribution in [1.29, 1.82) is 0 Å². The summed E-state index contributed by atoms with van der Waals surface area (Å²) in [7, 11) is 0. The van der Waals surface area contributed by atoms with Crippen LogP contribution in [-0.2, 0) is 4.79 Å². The van der Waals surface area contributed by atoms with Gasteiger partial charge in [-0.2, -0.15) is 0 Å². The molecule has 0 saturated carbocycles. The van der Waals surface area contributed by atoms with Crippen molar-refractivity contribution in [2.24, 2.45) is 0 Å². The van der Waals surface area contributed by atoms with Gasteiger partial charge in [0.15, 0.2) is 0 Å². The van der Waals surface area contributed by atoms with E-state index >= 15 is 0 Å². The van der Waals surface area contributed by atoms with Crippen LogP contribution in [0.1, 0.15) is 10.4 Å². The summed E-state index contributed by atoms with van der Waals surface area (Å²) in [6.45, 7) is 0. The summed E-state index contributed by atoms with van der Waals surface area (Å²) < 4.78 is 2.28. The van der Waals surface area contributed by atoms with Crippen molar-refractivity contribution in [3.8, 4) is 0 Å². The van der Waals surface area contributed by atoms with Gasteiger partial charge in [0.1, 0.15) is 0 Å². The Morgan fingerprint density at radius 3 is 2.67 bits per heavy atom. The normalized spacial score (nSPS) is 14.2. The van der Waals surface area contributed by atoms with Crippen molar-refractivity contribution in [2.45, 2.75) is 0 Å². The van der Waals surface area contributed by atoms with Crippen molar-refractivity contribution < 1.29 is 9.59 Å². The lowest BCUT2D eigenvalue weighted by atomic mass is 10.1. The molecule has 1 aliphatic rings. The van der Waals surface area contributed by atoms with Crippen LogP contribution in [0.25, 0.3) is 20.2 Å². The topological polar surface area (TPSA) is 46.2 Å². The minimum Gasteiger partial charge on any atom is -0.318 e. The van der Waals surface area contributed by atoms with Gasteiger partial charge < -0.3 is 5.32 Å². The highest BCUT2D eigenvalue weighted by molar-refractivity contribution is 7.25. The number of rotatable bonds is 0. The van der Waals surface area contributed by atoms with Crippen molar-refractivity contribution in [1.82, 2.24) is 0 Å². The fourth-order valence-electron chi connectivity index (χ4n) is 2.36. The molecule has 1 aliphatic heterocycles. The number of nitrogens with one attached hydrogen (secondary N) is 1. The zero-order valence-electron chi connectivity index (χ0n) is 9.19. The summed E-state index contributed by atoms with van der Waals surface area (Å²) >= 11 is 1.67. The lowest BCUT2D eigenvalue weighted by Gasteiger charge is -1.97. The maximum Gasteiger partial charge on any atom is 0.296 e. The highest BCUT2D eigenvalue weighted by atomic mass is 32.1. The van der Waals surface area contributed by atoms with Crippen LogP contribution in [0.15, 0.2) is 36.4 Å². The van der Waals surface area contributed by atoms with Crippen molar-refractivity contribution >= 4 is 48.9 Å². The van der Waals surface area contributed by atoms with Crippen LogP contribution in [0.2, 0.25) is 0 Å². The lowest BCUT2D eigenvalue weighted by molar-refractivity contribution is -0.112. The van der Waals surface area contributed by atoms with Crippen LogP contribution < -0.4 is 5.32 Å². The number of hydrogen-bond acceptors (Lipinski definition) is 3. The number of anilines is 1. The van der Waals surface area contributed by atoms with E-state index in [1.165, 1.54) is 4.70 Å². The maximum absolute atomic E-state index is 11.7. The van der Waals surface area contributed by atoms with Crippen molar-refractivity contribution in [3.05, 3.63) is 42.0 Å². The van der Waals surface area contributed by atoms with E-state index in [0.29, 0.717) is 11.3 Å². The van der Waals surface area contributed by atoms with Gasteiger partial charge in [-0.3, -0.25) is 9.59 Å².